The molecular formula is C12H22O. The molecule has 1 aliphatic carbocycles. The quantitative estimate of drug-likeness (QED) is 0.664. The van der Waals surface area contributed by atoms with Crippen LogP contribution >= 0.6 is 0 Å². The van der Waals surface area contributed by atoms with E-state index < -0.39 is 5.60 Å². The van der Waals surface area contributed by atoms with Gasteiger partial charge in [-0.05, 0) is 50.5 Å². The van der Waals surface area contributed by atoms with Crippen LogP contribution < -0.4 is 0 Å². The van der Waals surface area contributed by atoms with Gasteiger partial charge < -0.3 is 5.11 Å². The first-order valence-corrected chi connectivity index (χ1v) is 5.44. The Bertz CT molecular complexity index is 189. The number of hydrogen-bond donors (Lipinski definition) is 1. The molecule has 1 rings (SSSR count). The molecule has 0 spiro atoms. The molecule has 1 heteroatoms. The van der Waals surface area contributed by atoms with Crippen molar-refractivity contribution in [1.82, 2.24) is 0 Å². The second-order valence-corrected chi connectivity index (χ2v) is 4.85. The van der Waals surface area contributed by atoms with E-state index in [9.17, 15) is 5.11 Å². The summed E-state index contributed by atoms with van der Waals surface area (Å²) in [7, 11) is 0. The molecule has 0 saturated carbocycles. The van der Waals surface area contributed by atoms with Gasteiger partial charge in [-0.25, -0.2) is 0 Å². The molecular weight excluding hydrogens is 160 g/mol. The fourth-order valence-electron chi connectivity index (χ4n) is 2.25. The van der Waals surface area contributed by atoms with Crippen molar-refractivity contribution in [3.63, 3.8) is 0 Å². The van der Waals surface area contributed by atoms with E-state index in [2.05, 4.69) is 19.9 Å². The molecule has 0 saturated heterocycles. The van der Waals surface area contributed by atoms with Crippen molar-refractivity contribution < 1.29 is 5.11 Å². The Morgan fingerprint density at radius 2 is 2.15 bits per heavy atom. The van der Waals surface area contributed by atoms with Gasteiger partial charge in [-0.3, -0.25) is 0 Å². The molecule has 1 atom stereocenters. The summed E-state index contributed by atoms with van der Waals surface area (Å²) in [6.07, 6.45) is 7.93. The predicted molar refractivity (Wildman–Crippen MR) is 56.6 cm³/mol. The van der Waals surface area contributed by atoms with Crippen molar-refractivity contribution in [1.29, 1.82) is 0 Å². The van der Waals surface area contributed by atoms with Crippen molar-refractivity contribution in [2.45, 2.75) is 58.5 Å². The molecule has 0 aromatic carbocycles. The molecule has 1 unspecified atom stereocenters. The Morgan fingerprint density at radius 1 is 1.46 bits per heavy atom. The summed E-state index contributed by atoms with van der Waals surface area (Å²) < 4.78 is 0. The van der Waals surface area contributed by atoms with E-state index in [0.29, 0.717) is 5.92 Å². The Hall–Kier alpha value is -0.300. The number of hydrogen-bond acceptors (Lipinski definition) is 1. The molecule has 13 heavy (non-hydrogen) atoms. The van der Waals surface area contributed by atoms with Crippen LogP contribution in [-0.2, 0) is 0 Å². The smallest absolute Gasteiger partial charge is 0.0831 e. The van der Waals surface area contributed by atoms with Crippen molar-refractivity contribution in [3.8, 4) is 0 Å². The minimum absolute atomic E-state index is 0.547. The van der Waals surface area contributed by atoms with E-state index in [-0.39, 0.29) is 0 Å². The zero-order chi connectivity index (χ0) is 9.90. The van der Waals surface area contributed by atoms with Crippen molar-refractivity contribution in [3.05, 3.63) is 11.6 Å². The summed E-state index contributed by atoms with van der Waals surface area (Å²) in [5.74, 6) is 0.567. The van der Waals surface area contributed by atoms with Gasteiger partial charge in [-0.2, -0.15) is 0 Å². The van der Waals surface area contributed by atoms with Gasteiger partial charge in [0.05, 0.1) is 5.60 Å². The molecule has 0 heterocycles. The lowest BCUT2D eigenvalue weighted by atomic mass is 9.82. The standard InChI is InChI=1S/C12H22O/c1-10(2)9-12(3,13)11-7-5-4-6-8-11/h7,10,13H,4-6,8-9H2,1-3H3. The lowest BCUT2D eigenvalue weighted by Gasteiger charge is -2.30. The van der Waals surface area contributed by atoms with Crippen LogP contribution in [0.4, 0.5) is 0 Å². The van der Waals surface area contributed by atoms with Gasteiger partial charge >= 0.3 is 0 Å². The minimum Gasteiger partial charge on any atom is -0.386 e. The van der Waals surface area contributed by atoms with E-state index in [1.165, 1.54) is 18.4 Å². The Labute approximate surface area is 81.9 Å². The SMILES string of the molecule is CC(C)CC(C)(O)C1=CCCCC1. The number of aliphatic hydroxyl groups is 1. The fourth-order valence-corrected chi connectivity index (χ4v) is 2.25. The molecule has 0 radical (unpaired) electrons. The molecule has 76 valence electrons. The van der Waals surface area contributed by atoms with Gasteiger partial charge in [0.2, 0.25) is 0 Å². The zero-order valence-electron chi connectivity index (χ0n) is 9.14. The highest BCUT2D eigenvalue weighted by Gasteiger charge is 2.27. The maximum absolute atomic E-state index is 10.2. The third-order valence-electron chi connectivity index (χ3n) is 2.79. The summed E-state index contributed by atoms with van der Waals surface area (Å²) in [6.45, 7) is 6.29. The van der Waals surface area contributed by atoms with Gasteiger partial charge in [0.15, 0.2) is 0 Å². The highest BCUT2D eigenvalue weighted by atomic mass is 16.3. The summed E-state index contributed by atoms with van der Waals surface area (Å²) in [5, 5.41) is 10.2. The molecule has 1 aliphatic rings. The molecule has 0 fully saturated rings. The maximum atomic E-state index is 10.2. The lowest BCUT2D eigenvalue weighted by molar-refractivity contribution is 0.0701. The predicted octanol–water partition coefficient (Wildman–Crippen LogP) is 3.28. The monoisotopic (exact) mass is 182 g/mol. The Balaban J connectivity index is 2.61. The van der Waals surface area contributed by atoms with E-state index in [1.807, 2.05) is 6.92 Å². The van der Waals surface area contributed by atoms with Crippen LogP contribution in [0.2, 0.25) is 0 Å². The maximum Gasteiger partial charge on any atom is 0.0831 e. The summed E-state index contributed by atoms with van der Waals surface area (Å²) >= 11 is 0. The van der Waals surface area contributed by atoms with E-state index >= 15 is 0 Å². The van der Waals surface area contributed by atoms with Crippen LogP contribution in [0.3, 0.4) is 0 Å². The van der Waals surface area contributed by atoms with E-state index in [4.69, 9.17) is 0 Å². The normalized spacial score (nSPS) is 22.7. The third kappa shape index (κ3) is 3.15. The van der Waals surface area contributed by atoms with Crippen LogP contribution in [0.15, 0.2) is 11.6 Å². The van der Waals surface area contributed by atoms with Crippen LogP contribution in [-0.4, -0.2) is 10.7 Å². The second kappa shape index (κ2) is 4.28. The number of allylic oxidation sites excluding steroid dienone is 1. The second-order valence-electron chi connectivity index (χ2n) is 4.85. The molecule has 0 aromatic rings. The largest absolute Gasteiger partial charge is 0.386 e. The molecule has 1 nitrogen and oxygen atoms in total. The van der Waals surface area contributed by atoms with Crippen LogP contribution in [0.25, 0.3) is 0 Å². The van der Waals surface area contributed by atoms with Gasteiger partial charge in [0.25, 0.3) is 0 Å². The zero-order valence-corrected chi connectivity index (χ0v) is 9.14. The Kier molecular flexibility index (Phi) is 3.55. The van der Waals surface area contributed by atoms with Gasteiger partial charge in [0.1, 0.15) is 0 Å². The summed E-state index contributed by atoms with van der Waals surface area (Å²) in [6, 6.07) is 0. The van der Waals surface area contributed by atoms with Gasteiger partial charge in [-0.15, -0.1) is 0 Å². The van der Waals surface area contributed by atoms with Crippen LogP contribution in [0, 0.1) is 5.92 Å². The minimum atomic E-state index is -0.547. The molecule has 1 N–H and O–H groups in total. The topological polar surface area (TPSA) is 20.2 Å². The van der Waals surface area contributed by atoms with Crippen LogP contribution in [0.5, 0.6) is 0 Å². The first kappa shape index (κ1) is 10.8. The average molecular weight is 182 g/mol. The van der Waals surface area contributed by atoms with Crippen molar-refractivity contribution >= 4 is 0 Å². The summed E-state index contributed by atoms with van der Waals surface area (Å²) in [4.78, 5) is 0. The molecule has 0 bridgehead atoms. The highest BCUT2D eigenvalue weighted by molar-refractivity contribution is 5.17. The number of rotatable bonds is 3. The first-order valence-electron chi connectivity index (χ1n) is 5.44. The Morgan fingerprint density at radius 3 is 2.62 bits per heavy atom. The van der Waals surface area contributed by atoms with Crippen molar-refractivity contribution in [2.75, 3.05) is 0 Å². The fraction of sp³-hybridized carbons (Fsp3) is 0.833. The van der Waals surface area contributed by atoms with Crippen LogP contribution in [0.1, 0.15) is 52.9 Å². The van der Waals surface area contributed by atoms with Gasteiger partial charge in [0, 0.05) is 0 Å². The third-order valence-corrected chi connectivity index (χ3v) is 2.79. The van der Waals surface area contributed by atoms with Gasteiger partial charge in [-0.1, -0.05) is 19.9 Å². The molecule has 0 aromatic heterocycles. The molecule has 0 amide bonds. The first-order chi connectivity index (χ1) is 6.02. The van der Waals surface area contributed by atoms with E-state index in [0.717, 1.165) is 19.3 Å². The highest BCUT2D eigenvalue weighted by Crippen LogP contribution is 2.31. The lowest BCUT2D eigenvalue weighted by Crippen LogP contribution is -2.29. The van der Waals surface area contributed by atoms with E-state index in [1.54, 1.807) is 0 Å². The average Bonchev–Trinajstić information content (AvgIpc) is 2.04. The van der Waals surface area contributed by atoms with Crippen molar-refractivity contribution in [2.24, 2.45) is 5.92 Å². The summed E-state index contributed by atoms with van der Waals surface area (Å²) in [5.41, 5.74) is 0.724. The molecule has 0 aliphatic heterocycles.